The molecule has 0 aromatic carbocycles. The van der Waals surface area contributed by atoms with E-state index in [0.717, 1.165) is 12.1 Å². The Morgan fingerprint density at radius 1 is 1.67 bits per heavy atom. The van der Waals surface area contributed by atoms with Gasteiger partial charge in [-0.25, -0.2) is 0 Å². The Labute approximate surface area is 107 Å². The van der Waals surface area contributed by atoms with Crippen LogP contribution in [-0.2, 0) is 11.8 Å². The van der Waals surface area contributed by atoms with E-state index in [1.54, 1.807) is 4.68 Å². The molecule has 0 radical (unpaired) electrons. The Hall–Kier alpha value is -1.42. The lowest BCUT2D eigenvalue weighted by atomic mass is 10.0. The number of hydrogen-bond acceptors (Lipinski definition) is 5. The lowest BCUT2D eigenvalue weighted by Gasteiger charge is -2.37. The zero-order chi connectivity index (χ0) is 13.1. The van der Waals surface area contributed by atoms with E-state index in [1.807, 2.05) is 26.4 Å². The third-order valence-corrected chi connectivity index (χ3v) is 3.20. The van der Waals surface area contributed by atoms with Gasteiger partial charge < -0.3 is 10.5 Å². The second kappa shape index (κ2) is 5.48. The predicted molar refractivity (Wildman–Crippen MR) is 66.5 cm³/mol. The van der Waals surface area contributed by atoms with E-state index in [1.165, 1.54) is 0 Å². The van der Waals surface area contributed by atoms with Crippen molar-refractivity contribution < 1.29 is 4.74 Å². The quantitative estimate of drug-likeness (QED) is 0.817. The van der Waals surface area contributed by atoms with E-state index in [2.05, 4.69) is 16.1 Å². The number of ether oxygens (including phenoxy) is 1. The smallest absolute Gasteiger partial charge is 0.156 e. The summed E-state index contributed by atoms with van der Waals surface area (Å²) < 4.78 is 7.13. The zero-order valence-electron chi connectivity index (χ0n) is 10.8. The Morgan fingerprint density at radius 3 is 3.00 bits per heavy atom. The largest absolute Gasteiger partial charge is 0.361 e. The first kappa shape index (κ1) is 13.0. The molecule has 3 unspecified atom stereocenters. The number of rotatable bonds is 3. The third-order valence-electron chi connectivity index (χ3n) is 3.20. The minimum Gasteiger partial charge on any atom is -0.361 e. The van der Waals surface area contributed by atoms with E-state index < -0.39 is 0 Å². The molecule has 1 aliphatic heterocycles. The molecule has 6 nitrogen and oxygen atoms in total. The maximum Gasteiger partial charge on any atom is 0.156 e. The maximum atomic E-state index is 8.95. The highest BCUT2D eigenvalue weighted by atomic mass is 16.5. The van der Waals surface area contributed by atoms with Gasteiger partial charge in [-0.15, -0.1) is 0 Å². The number of morpholine rings is 1. The van der Waals surface area contributed by atoms with Gasteiger partial charge in [0.15, 0.2) is 6.10 Å². The third kappa shape index (κ3) is 2.70. The molecule has 0 bridgehead atoms. The summed E-state index contributed by atoms with van der Waals surface area (Å²) in [6, 6.07) is 2.22. The molecular weight excluding hydrogens is 230 g/mol. The molecule has 0 amide bonds. The summed E-state index contributed by atoms with van der Waals surface area (Å²) in [5, 5.41) is 13.1. The van der Waals surface area contributed by atoms with Crippen LogP contribution in [-0.4, -0.2) is 46.5 Å². The Bertz CT molecular complexity index is 436. The molecule has 2 heterocycles. The topological polar surface area (TPSA) is 80.1 Å². The van der Waals surface area contributed by atoms with Crippen molar-refractivity contribution in [3.05, 3.63) is 18.0 Å². The fraction of sp³-hybridized carbons (Fsp3) is 0.667. The predicted octanol–water partition coefficient (Wildman–Crippen LogP) is 0.0328. The molecule has 2 rings (SSSR count). The standard InChI is InChI=1S/C12H19N5O/c1-9(14)12(10-6-15-16(2)7-10)17-3-4-18-11(5-13)8-17/h6-7,9,11-12H,3-4,8,14H2,1-2H3. The number of nitrogens with zero attached hydrogens (tertiary/aromatic N) is 4. The van der Waals surface area contributed by atoms with E-state index >= 15 is 0 Å². The Balaban J connectivity index is 2.18. The molecular formula is C12H19N5O. The van der Waals surface area contributed by atoms with Crippen LogP contribution >= 0.6 is 0 Å². The summed E-state index contributed by atoms with van der Waals surface area (Å²) in [5.41, 5.74) is 7.18. The van der Waals surface area contributed by atoms with Crippen LogP contribution in [0.1, 0.15) is 18.5 Å². The van der Waals surface area contributed by atoms with Crippen molar-refractivity contribution in [2.24, 2.45) is 12.8 Å². The summed E-state index contributed by atoms with van der Waals surface area (Å²) in [6.07, 6.45) is 3.45. The monoisotopic (exact) mass is 249 g/mol. The maximum absolute atomic E-state index is 8.95. The average Bonchev–Trinajstić information content (AvgIpc) is 2.75. The van der Waals surface area contributed by atoms with Gasteiger partial charge in [0, 0.05) is 37.9 Å². The minimum absolute atomic E-state index is 0.0216. The van der Waals surface area contributed by atoms with Gasteiger partial charge in [0.2, 0.25) is 0 Å². The lowest BCUT2D eigenvalue weighted by molar-refractivity contribution is -0.0210. The van der Waals surface area contributed by atoms with Crippen LogP contribution in [0, 0.1) is 11.3 Å². The Morgan fingerprint density at radius 2 is 2.44 bits per heavy atom. The second-order valence-electron chi connectivity index (χ2n) is 4.73. The first-order valence-corrected chi connectivity index (χ1v) is 6.11. The highest BCUT2D eigenvalue weighted by molar-refractivity contribution is 5.14. The lowest BCUT2D eigenvalue weighted by Crippen LogP contribution is -2.48. The summed E-state index contributed by atoms with van der Waals surface area (Å²) in [5.74, 6) is 0. The van der Waals surface area contributed by atoms with Crippen LogP contribution in [0.25, 0.3) is 0 Å². The van der Waals surface area contributed by atoms with Crippen LogP contribution in [0.3, 0.4) is 0 Å². The highest BCUT2D eigenvalue weighted by Gasteiger charge is 2.30. The van der Waals surface area contributed by atoms with Gasteiger partial charge in [-0.05, 0) is 6.92 Å². The van der Waals surface area contributed by atoms with Crippen LogP contribution in [0.5, 0.6) is 0 Å². The number of hydrogen-bond donors (Lipinski definition) is 1. The van der Waals surface area contributed by atoms with Crippen molar-refractivity contribution in [3.63, 3.8) is 0 Å². The number of aromatic nitrogens is 2. The first-order valence-electron chi connectivity index (χ1n) is 6.11. The van der Waals surface area contributed by atoms with Gasteiger partial charge >= 0.3 is 0 Å². The normalized spacial score (nSPS) is 24.4. The molecule has 18 heavy (non-hydrogen) atoms. The SMILES string of the molecule is CC(N)C(c1cnn(C)c1)N1CCOC(C#N)C1. The molecule has 0 aliphatic carbocycles. The van der Waals surface area contributed by atoms with E-state index in [0.29, 0.717) is 13.2 Å². The second-order valence-corrected chi connectivity index (χ2v) is 4.73. The summed E-state index contributed by atoms with van der Waals surface area (Å²) in [7, 11) is 1.89. The van der Waals surface area contributed by atoms with E-state index in [-0.39, 0.29) is 18.2 Å². The molecule has 1 aromatic rings. The summed E-state index contributed by atoms with van der Waals surface area (Å²) in [6.45, 7) is 3.94. The van der Waals surface area contributed by atoms with Crippen LogP contribution in [0.2, 0.25) is 0 Å². The van der Waals surface area contributed by atoms with Crippen molar-refractivity contribution in [1.82, 2.24) is 14.7 Å². The van der Waals surface area contributed by atoms with Crippen molar-refractivity contribution in [1.29, 1.82) is 5.26 Å². The van der Waals surface area contributed by atoms with Crippen molar-refractivity contribution >= 4 is 0 Å². The van der Waals surface area contributed by atoms with Crippen LogP contribution < -0.4 is 5.73 Å². The molecule has 3 atom stereocenters. The van der Waals surface area contributed by atoms with Gasteiger partial charge in [-0.2, -0.15) is 10.4 Å². The summed E-state index contributed by atoms with van der Waals surface area (Å²) in [4.78, 5) is 2.21. The fourth-order valence-corrected chi connectivity index (χ4v) is 2.44. The molecule has 1 fully saturated rings. The number of aryl methyl sites for hydroxylation is 1. The fourth-order valence-electron chi connectivity index (χ4n) is 2.44. The summed E-state index contributed by atoms with van der Waals surface area (Å²) >= 11 is 0. The molecule has 1 aromatic heterocycles. The van der Waals surface area contributed by atoms with Gasteiger partial charge in [-0.3, -0.25) is 9.58 Å². The number of nitrogens with two attached hydrogens (primary N) is 1. The minimum atomic E-state index is -0.364. The highest BCUT2D eigenvalue weighted by Crippen LogP contribution is 2.25. The van der Waals surface area contributed by atoms with E-state index in [4.69, 9.17) is 15.7 Å². The molecule has 2 N–H and O–H groups in total. The molecule has 0 saturated carbocycles. The van der Waals surface area contributed by atoms with Crippen LogP contribution in [0.15, 0.2) is 12.4 Å². The Kier molecular flexibility index (Phi) is 3.97. The molecule has 1 aliphatic rings. The molecule has 98 valence electrons. The van der Waals surface area contributed by atoms with Gasteiger partial charge in [0.25, 0.3) is 0 Å². The molecule has 1 saturated heterocycles. The van der Waals surface area contributed by atoms with Crippen molar-refractivity contribution in [2.45, 2.75) is 25.1 Å². The number of nitriles is 1. The van der Waals surface area contributed by atoms with Crippen molar-refractivity contribution in [2.75, 3.05) is 19.7 Å². The van der Waals surface area contributed by atoms with Crippen molar-refractivity contribution in [3.8, 4) is 6.07 Å². The van der Waals surface area contributed by atoms with Gasteiger partial charge in [0.05, 0.1) is 24.9 Å². The van der Waals surface area contributed by atoms with Gasteiger partial charge in [-0.1, -0.05) is 0 Å². The molecule has 0 spiro atoms. The molecule has 6 heteroatoms. The van der Waals surface area contributed by atoms with Crippen LogP contribution in [0.4, 0.5) is 0 Å². The average molecular weight is 249 g/mol. The first-order chi connectivity index (χ1) is 8.61. The van der Waals surface area contributed by atoms with E-state index in [9.17, 15) is 0 Å². The zero-order valence-corrected chi connectivity index (χ0v) is 10.8. The van der Waals surface area contributed by atoms with Gasteiger partial charge in [0.1, 0.15) is 0 Å².